The molecule has 1 atom stereocenters. The van der Waals surface area contributed by atoms with E-state index in [0.717, 1.165) is 10.7 Å². The second kappa shape index (κ2) is 7.51. The average molecular weight is 426 g/mol. The van der Waals surface area contributed by atoms with Crippen molar-refractivity contribution in [2.75, 3.05) is 16.7 Å². The van der Waals surface area contributed by atoms with Gasteiger partial charge < -0.3 is 0 Å². The van der Waals surface area contributed by atoms with E-state index in [1.54, 1.807) is 30.3 Å². The highest BCUT2D eigenvalue weighted by Gasteiger charge is 2.36. The van der Waals surface area contributed by atoms with Crippen molar-refractivity contribution in [1.82, 2.24) is 4.41 Å². The van der Waals surface area contributed by atoms with E-state index in [2.05, 4.69) is 9.82 Å². The highest BCUT2D eigenvalue weighted by atomic mass is 32.2. The lowest BCUT2D eigenvalue weighted by atomic mass is 9.99. The molecule has 1 aliphatic rings. The first-order valence-corrected chi connectivity index (χ1v) is 12.0. The van der Waals surface area contributed by atoms with Gasteiger partial charge in [-0.15, -0.1) is 0 Å². The maximum Gasteiger partial charge on any atom is 0.250 e. The summed E-state index contributed by atoms with van der Waals surface area (Å²) in [5.74, 6) is -0.607. The number of nitrogens with one attached hydrogen (secondary N) is 1. The third-order valence-corrected chi connectivity index (χ3v) is 6.50. The van der Waals surface area contributed by atoms with Crippen LogP contribution in [0.3, 0.4) is 0 Å². The molecule has 3 rings (SSSR count). The predicted octanol–water partition coefficient (Wildman–Crippen LogP) is 2.70. The number of nitrogens with zero attached hydrogens (tertiary/aromatic N) is 2. The van der Waals surface area contributed by atoms with E-state index in [-0.39, 0.29) is 12.2 Å². The molecule has 2 aromatic carbocycles. The van der Waals surface area contributed by atoms with Gasteiger partial charge in [0.25, 0.3) is 0 Å². The summed E-state index contributed by atoms with van der Waals surface area (Å²) in [6.45, 7) is 1.52. The van der Waals surface area contributed by atoms with Crippen molar-refractivity contribution in [3.05, 3.63) is 65.5 Å². The second-order valence-corrected chi connectivity index (χ2v) is 10.3. The second-order valence-electron chi connectivity index (χ2n) is 6.45. The van der Waals surface area contributed by atoms with Gasteiger partial charge in [-0.1, -0.05) is 24.3 Å². The van der Waals surface area contributed by atoms with Gasteiger partial charge in [-0.05, 0) is 42.3 Å². The van der Waals surface area contributed by atoms with E-state index in [4.69, 9.17) is 0 Å². The van der Waals surface area contributed by atoms with Gasteiger partial charge in [-0.25, -0.2) is 21.2 Å². The fourth-order valence-corrected chi connectivity index (χ4v) is 4.62. The Morgan fingerprint density at radius 1 is 1.14 bits per heavy atom. The third kappa shape index (κ3) is 4.50. The first-order chi connectivity index (χ1) is 13.1. The summed E-state index contributed by atoms with van der Waals surface area (Å²) in [5.41, 5.74) is 1.91. The standard InChI is InChI=1S/C18H20FN3O4S2/c1-3-28(25,26)22-18(14-7-4-8-15(19)10-14)12-17(20-22)13-6-5-9-16(11-13)21-27(2,23)24/h4-11,18,21H,3,12H2,1-2H3. The predicted molar refractivity (Wildman–Crippen MR) is 107 cm³/mol. The van der Waals surface area contributed by atoms with Crippen molar-refractivity contribution in [1.29, 1.82) is 0 Å². The number of benzene rings is 2. The quantitative estimate of drug-likeness (QED) is 0.770. The smallest absolute Gasteiger partial charge is 0.250 e. The minimum atomic E-state index is -3.68. The Morgan fingerprint density at radius 3 is 2.50 bits per heavy atom. The molecule has 1 N–H and O–H groups in total. The molecule has 0 amide bonds. The minimum Gasteiger partial charge on any atom is -0.284 e. The largest absolute Gasteiger partial charge is 0.284 e. The molecule has 0 spiro atoms. The normalized spacial score (nSPS) is 17.5. The Bertz CT molecular complexity index is 1130. The van der Waals surface area contributed by atoms with Crippen molar-refractivity contribution in [2.24, 2.45) is 5.10 Å². The molecule has 10 heteroatoms. The summed E-state index contributed by atoms with van der Waals surface area (Å²) in [6, 6.07) is 11.7. The van der Waals surface area contributed by atoms with E-state index >= 15 is 0 Å². The summed E-state index contributed by atoms with van der Waals surface area (Å²) in [4.78, 5) is 0. The Balaban J connectivity index is 2.01. The number of rotatable bonds is 6. The Hall–Kier alpha value is -2.46. The topological polar surface area (TPSA) is 95.9 Å². The summed E-state index contributed by atoms with van der Waals surface area (Å²) in [5, 5.41) is 4.29. The third-order valence-electron chi connectivity index (χ3n) is 4.25. The molecule has 1 unspecified atom stereocenters. The molecule has 2 aromatic rings. The van der Waals surface area contributed by atoms with E-state index in [1.807, 2.05) is 0 Å². The maximum atomic E-state index is 13.7. The minimum absolute atomic E-state index is 0.148. The maximum absolute atomic E-state index is 13.7. The average Bonchev–Trinajstić information content (AvgIpc) is 3.07. The molecule has 150 valence electrons. The van der Waals surface area contributed by atoms with Crippen LogP contribution < -0.4 is 4.72 Å². The number of hydrazone groups is 1. The lowest BCUT2D eigenvalue weighted by Gasteiger charge is -2.22. The zero-order chi connectivity index (χ0) is 20.5. The Morgan fingerprint density at radius 2 is 1.86 bits per heavy atom. The van der Waals surface area contributed by atoms with Gasteiger partial charge in [0.15, 0.2) is 0 Å². The fraction of sp³-hybridized carbons (Fsp3) is 0.278. The Labute approximate surface area is 164 Å². The SMILES string of the molecule is CCS(=O)(=O)N1N=C(c2cccc(NS(C)(=O)=O)c2)CC1c1cccc(F)c1. The van der Waals surface area contributed by atoms with Crippen LogP contribution in [0.4, 0.5) is 10.1 Å². The highest BCUT2D eigenvalue weighted by molar-refractivity contribution is 7.92. The Kier molecular flexibility index (Phi) is 5.44. The zero-order valence-electron chi connectivity index (χ0n) is 15.3. The molecule has 0 bridgehead atoms. The monoisotopic (exact) mass is 425 g/mol. The number of sulfonamides is 2. The van der Waals surface area contributed by atoms with Gasteiger partial charge in [0.05, 0.1) is 23.8 Å². The highest BCUT2D eigenvalue weighted by Crippen LogP contribution is 2.35. The van der Waals surface area contributed by atoms with E-state index in [9.17, 15) is 21.2 Å². The number of halogens is 1. The number of hydrogen-bond donors (Lipinski definition) is 1. The van der Waals surface area contributed by atoms with Crippen molar-refractivity contribution in [3.63, 3.8) is 0 Å². The van der Waals surface area contributed by atoms with Crippen LogP contribution in [-0.2, 0) is 20.0 Å². The molecule has 0 aliphatic carbocycles. The summed E-state index contributed by atoms with van der Waals surface area (Å²) in [7, 11) is -7.13. The molecular weight excluding hydrogens is 405 g/mol. The lowest BCUT2D eigenvalue weighted by Crippen LogP contribution is -2.28. The van der Waals surface area contributed by atoms with Gasteiger partial charge in [0, 0.05) is 12.1 Å². The van der Waals surface area contributed by atoms with Gasteiger partial charge in [-0.3, -0.25) is 4.72 Å². The summed E-state index contributed by atoms with van der Waals surface area (Å²) >= 11 is 0. The number of hydrogen-bond acceptors (Lipinski definition) is 5. The van der Waals surface area contributed by atoms with Crippen molar-refractivity contribution >= 4 is 31.4 Å². The van der Waals surface area contributed by atoms with Crippen LogP contribution in [0.5, 0.6) is 0 Å². The molecule has 0 fully saturated rings. The van der Waals surface area contributed by atoms with E-state index < -0.39 is 31.9 Å². The number of anilines is 1. The van der Waals surface area contributed by atoms with Crippen molar-refractivity contribution in [2.45, 2.75) is 19.4 Å². The molecule has 1 heterocycles. The first kappa shape index (κ1) is 20.3. The van der Waals surface area contributed by atoms with E-state index in [0.29, 0.717) is 22.5 Å². The van der Waals surface area contributed by atoms with Crippen LogP contribution in [0.25, 0.3) is 0 Å². The van der Waals surface area contributed by atoms with Crippen LogP contribution in [0.2, 0.25) is 0 Å². The molecule has 7 nitrogen and oxygen atoms in total. The van der Waals surface area contributed by atoms with Crippen molar-refractivity contribution in [3.8, 4) is 0 Å². The van der Waals surface area contributed by atoms with Crippen LogP contribution in [0.1, 0.15) is 30.5 Å². The molecule has 0 radical (unpaired) electrons. The first-order valence-electron chi connectivity index (χ1n) is 8.52. The zero-order valence-corrected chi connectivity index (χ0v) is 17.0. The van der Waals surface area contributed by atoms with Crippen LogP contribution >= 0.6 is 0 Å². The van der Waals surface area contributed by atoms with Gasteiger partial charge in [0.2, 0.25) is 20.0 Å². The van der Waals surface area contributed by atoms with Crippen molar-refractivity contribution < 1.29 is 21.2 Å². The van der Waals surface area contributed by atoms with Crippen LogP contribution in [-0.4, -0.2) is 39.0 Å². The molecule has 0 aromatic heterocycles. The molecular formula is C18H20FN3O4S2. The fourth-order valence-electron chi connectivity index (χ4n) is 2.99. The molecule has 1 aliphatic heterocycles. The van der Waals surface area contributed by atoms with Gasteiger partial charge >= 0.3 is 0 Å². The molecule has 28 heavy (non-hydrogen) atoms. The van der Waals surface area contributed by atoms with E-state index in [1.165, 1.54) is 25.1 Å². The van der Waals surface area contributed by atoms with Gasteiger partial charge in [0.1, 0.15) is 5.82 Å². The summed E-state index contributed by atoms with van der Waals surface area (Å²) in [6.07, 6.45) is 1.29. The molecule has 0 saturated heterocycles. The lowest BCUT2D eigenvalue weighted by molar-refractivity contribution is 0.371. The van der Waals surface area contributed by atoms with Crippen LogP contribution in [0.15, 0.2) is 53.6 Å². The molecule has 0 saturated carbocycles. The summed E-state index contributed by atoms with van der Waals surface area (Å²) < 4.78 is 65.1. The van der Waals surface area contributed by atoms with Crippen LogP contribution in [0, 0.1) is 5.82 Å². The van der Waals surface area contributed by atoms with Gasteiger partial charge in [-0.2, -0.15) is 9.52 Å².